The first-order valence-electron chi connectivity index (χ1n) is 8.57. The molecule has 0 aromatic heterocycles. The summed E-state index contributed by atoms with van der Waals surface area (Å²) in [6, 6.07) is 19.4. The van der Waals surface area contributed by atoms with Gasteiger partial charge < -0.3 is 9.84 Å². The number of hydrogen-bond donors (Lipinski definition) is 2. The van der Waals surface area contributed by atoms with Gasteiger partial charge in [-0.3, -0.25) is 5.32 Å². The number of nitrogens with one attached hydrogen (secondary N) is 1. The van der Waals surface area contributed by atoms with E-state index in [1.54, 1.807) is 6.07 Å². The number of hydrogen-bond acceptors (Lipinski definition) is 3. The molecule has 4 heteroatoms. The number of fused-ring (bicyclic) bond motifs is 1. The van der Waals surface area contributed by atoms with Crippen molar-refractivity contribution in [2.45, 2.75) is 25.0 Å². The quantitative estimate of drug-likeness (QED) is 0.690. The molecular weight excluding hydrogens is 334 g/mol. The van der Waals surface area contributed by atoms with Crippen LogP contribution in [0.25, 0.3) is 10.8 Å². The molecule has 128 valence electrons. The van der Waals surface area contributed by atoms with Gasteiger partial charge in [0.25, 0.3) is 0 Å². The van der Waals surface area contributed by atoms with Gasteiger partial charge in [-0.15, -0.1) is 0 Å². The van der Waals surface area contributed by atoms with Gasteiger partial charge in [0, 0.05) is 6.42 Å². The molecule has 2 unspecified atom stereocenters. The molecule has 4 rings (SSSR count). The normalized spacial score (nSPS) is 20.5. The van der Waals surface area contributed by atoms with Crippen molar-refractivity contribution in [1.82, 2.24) is 5.32 Å². The van der Waals surface area contributed by atoms with Crippen LogP contribution in [0.4, 0.5) is 0 Å². The number of piperidine rings is 1. The van der Waals surface area contributed by atoms with Crippen LogP contribution in [-0.4, -0.2) is 17.9 Å². The molecule has 1 heterocycles. The van der Waals surface area contributed by atoms with Crippen LogP contribution in [0.5, 0.6) is 11.5 Å². The molecule has 0 spiro atoms. The molecule has 2 atom stereocenters. The summed E-state index contributed by atoms with van der Waals surface area (Å²) in [6.45, 7) is 0.897. The maximum absolute atomic E-state index is 9.72. The Kier molecular flexibility index (Phi) is 4.51. The third kappa shape index (κ3) is 3.44. The van der Waals surface area contributed by atoms with Gasteiger partial charge in [0.15, 0.2) is 6.23 Å². The smallest absolute Gasteiger partial charge is 0.150 e. The predicted molar refractivity (Wildman–Crippen MR) is 101 cm³/mol. The fourth-order valence-electron chi connectivity index (χ4n) is 3.60. The summed E-state index contributed by atoms with van der Waals surface area (Å²) in [5, 5.41) is 16.1. The first-order valence-corrected chi connectivity index (χ1v) is 8.95. The number of phenolic OH excluding ortho intramolecular Hbond substituents is 1. The molecule has 0 amide bonds. The van der Waals surface area contributed by atoms with Gasteiger partial charge in [-0.1, -0.05) is 48.0 Å². The Labute approximate surface area is 152 Å². The number of halogens is 1. The minimum Gasteiger partial charge on any atom is -0.508 e. The largest absolute Gasteiger partial charge is 0.508 e. The second-order valence-electron chi connectivity index (χ2n) is 6.47. The molecule has 1 fully saturated rings. The highest BCUT2D eigenvalue weighted by Gasteiger charge is 2.25. The molecule has 3 aromatic carbocycles. The lowest BCUT2D eigenvalue weighted by Gasteiger charge is -2.31. The van der Waals surface area contributed by atoms with Crippen LogP contribution in [0.3, 0.4) is 0 Å². The summed E-state index contributed by atoms with van der Waals surface area (Å²) in [4.78, 5) is 0. The van der Waals surface area contributed by atoms with Crippen molar-refractivity contribution in [3.63, 3.8) is 0 Å². The molecule has 1 saturated heterocycles. The van der Waals surface area contributed by atoms with E-state index < -0.39 is 0 Å². The highest BCUT2D eigenvalue weighted by Crippen LogP contribution is 2.35. The van der Waals surface area contributed by atoms with E-state index in [0.29, 0.717) is 22.4 Å². The topological polar surface area (TPSA) is 41.5 Å². The summed E-state index contributed by atoms with van der Waals surface area (Å²) < 4.78 is 6.09. The van der Waals surface area contributed by atoms with E-state index in [-0.39, 0.29) is 6.23 Å². The van der Waals surface area contributed by atoms with Crippen molar-refractivity contribution >= 4 is 22.4 Å². The lowest BCUT2D eigenvalue weighted by Crippen LogP contribution is -2.41. The van der Waals surface area contributed by atoms with E-state index >= 15 is 0 Å². The number of para-hydroxylation sites is 1. The van der Waals surface area contributed by atoms with Crippen LogP contribution in [0.15, 0.2) is 60.7 Å². The minimum atomic E-state index is -0.0639. The predicted octanol–water partition coefficient (Wildman–Crippen LogP) is 5.07. The number of aromatic hydroxyl groups is 1. The molecule has 3 aromatic rings. The van der Waals surface area contributed by atoms with Crippen molar-refractivity contribution in [3.05, 3.63) is 71.2 Å². The number of phenols is 1. The zero-order valence-electron chi connectivity index (χ0n) is 13.8. The SMILES string of the molecule is Oc1ccc2c(C3CCNC(Oc4ccccc4Cl)C3)cccc2c1. The van der Waals surface area contributed by atoms with Gasteiger partial charge in [0.05, 0.1) is 5.02 Å². The lowest BCUT2D eigenvalue weighted by atomic mass is 9.86. The van der Waals surface area contributed by atoms with Crippen LogP contribution < -0.4 is 10.1 Å². The van der Waals surface area contributed by atoms with Crippen molar-refractivity contribution in [3.8, 4) is 11.5 Å². The minimum absolute atomic E-state index is 0.0639. The highest BCUT2D eigenvalue weighted by atomic mass is 35.5. The Morgan fingerprint density at radius 1 is 1.04 bits per heavy atom. The summed E-state index contributed by atoms with van der Waals surface area (Å²) in [5.74, 6) is 1.42. The average molecular weight is 354 g/mol. The number of rotatable bonds is 3. The zero-order valence-corrected chi connectivity index (χ0v) is 14.5. The van der Waals surface area contributed by atoms with E-state index in [0.717, 1.165) is 24.8 Å². The molecule has 25 heavy (non-hydrogen) atoms. The Morgan fingerprint density at radius 2 is 1.92 bits per heavy atom. The standard InChI is InChI=1S/C21H20ClNO2/c22-19-6-1-2-7-20(19)25-21-13-15(10-11-23-21)17-5-3-4-14-12-16(24)8-9-18(14)17/h1-9,12,15,21,23-24H,10-11,13H2. The third-order valence-corrected chi connectivity index (χ3v) is 5.12. The summed E-state index contributed by atoms with van der Waals surface area (Å²) in [5.41, 5.74) is 1.31. The maximum Gasteiger partial charge on any atom is 0.150 e. The average Bonchev–Trinajstić information content (AvgIpc) is 2.63. The van der Waals surface area contributed by atoms with Crippen LogP contribution in [0.2, 0.25) is 5.02 Å². The van der Waals surface area contributed by atoms with Crippen LogP contribution in [0.1, 0.15) is 24.3 Å². The number of benzene rings is 3. The van der Waals surface area contributed by atoms with E-state index in [4.69, 9.17) is 16.3 Å². The van der Waals surface area contributed by atoms with Crippen molar-refractivity contribution in [2.75, 3.05) is 6.54 Å². The molecule has 1 aliphatic heterocycles. The van der Waals surface area contributed by atoms with E-state index in [1.165, 1.54) is 10.9 Å². The first kappa shape index (κ1) is 16.2. The molecule has 1 aliphatic rings. The summed E-state index contributed by atoms with van der Waals surface area (Å²) >= 11 is 6.21. The Hall–Kier alpha value is -2.23. The molecule has 2 N–H and O–H groups in total. The fraction of sp³-hybridized carbons (Fsp3) is 0.238. The Bertz CT molecular complexity index is 896. The van der Waals surface area contributed by atoms with Crippen LogP contribution in [-0.2, 0) is 0 Å². The van der Waals surface area contributed by atoms with Gasteiger partial charge in [-0.05, 0) is 59.5 Å². The van der Waals surface area contributed by atoms with Crippen LogP contribution in [0, 0.1) is 0 Å². The lowest BCUT2D eigenvalue weighted by molar-refractivity contribution is 0.122. The molecule has 3 nitrogen and oxygen atoms in total. The Morgan fingerprint density at radius 3 is 2.80 bits per heavy atom. The molecular formula is C21H20ClNO2. The fourth-order valence-corrected chi connectivity index (χ4v) is 3.78. The Balaban J connectivity index is 1.58. The zero-order chi connectivity index (χ0) is 17.2. The first-order chi connectivity index (χ1) is 12.2. The van der Waals surface area contributed by atoms with Gasteiger partial charge in [-0.2, -0.15) is 0 Å². The monoisotopic (exact) mass is 353 g/mol. The van der Waals surface area contributed by atoms with Gasteiger partial charge in [0.2, 0.25) is 0 Å². The maximum atomic E-state index is 9.72. The van der Waals surface area contributed by atoms with Crippen molar-refractivity contribution in [1.29, 1.82) is 0 Å². The highest BCUT2D eigenvalue weighted by molar-refractivity contribution is 6.32. The second-order valence-corrected chi connectivity index (χ2v) is 6.87. The van der Waals surface area contributed by atoms with Gasteiger partial charge in [-0.25, -0.2) is 0 Å². The van der Waals surface area contributed by atoms with Gasteiger partial charge in [0.1, 0.15) is 11.5 Å². The molecule has 0 radical (unpaired) electrons. The summed E-state index contributed by atoms with van der Waals surface area (Å²) in [7, 11) is 0. The van der Waals surface area contributed by atoms with Crippen molar-refractivity contribution in [2.24, 2.45) is 0 Å². The summed E-state index contributed by atoms with van der Waals surface area (Å²) in [6.07, 6.45) is 1.87. The molecule has 0 bridgehead atoms. The molecule has 0 aliphatic carbocycles. The van der Waals surface area contributed by atoms with Crippen molar-refractivity contribution < 1.29 is 9.84 Å². The van der Waals surface area contributed by atoms with Crippen LogP contribution >= 0.6 is 11.6 Å². The van der Waals surface area contributed by atoms with E-state index in [1.807, 2.05) is 42.5 Å². The van der Waals surface area contributed by atoms with E-state index in [2.05, 4.69) is 17.4 Å². The second kappa shape index (κ2) is 6.95. The number of ether oxygens (including phenoxy) is 1. The third-order valence-electron chi connectivity index (χ3n) is 4.81. The molecule has 0 saturated carbocycles. The van der Waals surface area contributed by atoms with E-state index in [9.17, 15) is 5.11 Å². The van der Waals surface area contributed by atoms with Gasteiger partial charge >= 0.3 is 0 Å².